The number of halogens is 1. The Hall–Kier alpha value is -3.19. The fourth-order valence-corrected chi connectivity index (χ4v) is 5.05. The Morgan fingerprint density at radius 2 is 1.88 bits per heavy atom. The summed E-state index contributed by atoms with van der Waals surface area (Å²) in [5.41, 5.74) is 1.66. The Labute approximate surface area is 197 Å². The summed E-state index contributed by atoms with van der Waals surface area (Å²) in [5.74, 6) is -0.00973. The van der Waals surface area contributed by atoms with E-state index < -0.39 is 0 Å². The molecule has 33 heavy (non-hydrogen) atoms. The van der Waals surface area contributed by atoms with Crippen molar-refractivity contribution in [1.82, 2.24) is 9.80 Å². The number of carbonyl (C=O) groups is 2. The molecule has 0 aliphatic carbocycles. The van der Waals surface area contributed by atoms with Crippen LogP contribution in [0, 0.1) is 5.82 Å². The third-order valence-electron chi connectivity index (χ3n) is 5.76. The van der Waals surface area contributed by atoms with Gasteiger partial charge < -0.3 is 14.5 Å². The zero-order valence-electron chi connectivity index (χ0n) is 18.6. The lowest BCUT2D eigenvalue weighted by atomic mass is 10.0. The Bertz CT molecular complexity index is 1080. The minimum Gasteiger partial charge on any atom is -0.491 e. The highest BCUT2D eigenvalue weighted by Gasteiger charge is 2.33. The average Bonchev–Trinajstić information content (AvgIpc) is 3.32. The topological polar surface area (TPSA) is 49.9 Å². The van der Waals surface area contributed by atoms with E-state index in [9.17, 15) is 14.0 Å². The number of nitrogens with zero attached hydrogens (tertiary/aromatic N) is 2. The minimum absolute atomic E-state index is 0.0219. The molecule has 7 heteroatoms. The van der Waals surface area contributed by atoms with E-state index in [1.165, 1.54) is 17.0 Å². The summed E-state index contributed by atoms with van der Waals surface area (Å²) in [4.78, 5) is 31.2. The lowest BCUT2D eigenvalue weighted by Crippen LogP contribution is -2.48. The SMILES string of the molecule is CCCN(CC(=O)N1CCc2sccc2[C@H]1COc1ccc(F)cc1)C(=O)c1ccccc1. The van der Waals surface area contributed by atoms with Crippen LogP contribution in [0.4, 0.5) is 4.39 Å². The van der Waals surface area contributed by atoms with Crippen molar-refractivity contribution in [2.75, 3.05) is 26.2 Å². The Morgan fingerprint density at radius 1 is 1.12 bits per heavy atom. The van der Waals surface area contributed by atoms with Gasteiger partial charge in [0.15, 0.2) is 0 Å². The second-order valence-corrected chi connectivity index (χ2v) is 9.01. The van der Waals surface area contributed by atoms with Crippen LogP contribution in [0.1, 0.15) is 40.2 Å². The van der Waals surface area contributed by atoms with Crippen LogP contribution in [0.5, 0.6) is 5.75 Å². The van der Waals surface area contributed by atoms with E-state index in [0.29, 0.717) is 24.4 Å². The van der Waals surface area contributed by atoms with Gasteiger partial charge in [-0.05, 0) is 66.2 Å². The number of benzene rings is 2. The number of hydrogen-bond donors (Lipinski definition) is 0. The predicted octanol–water partition coefficient (Wildman–Crippen LogP) is 4.94. The van der Waals surface area contributed by atoms with Crippen LogP contribution in [0.15, 0.2) is 66.0 Å². The highest BCUT2D eigenvalue weighted by Crippen LogP contribution is 2.34. The molecule has 3 aromatic rings. The van der Waals surface area contributed by atoms with E-state index in [-0.39, 0.29) is 36.8 Å². The summed E-state index contributed by atoms with van der Waals surface area (Å²) >= 11 is 1.68. The molecule has 1 atom stereocenters. The number of fused-ring (bicyclic) bond motifs is 1. The first-order chi connectivity index (χ1) is 16.1. The van der Waals surface area contributed by atoms with Crippen molar-refractivity contribution in [1.29, 1.82) is 0 Å². The number of hydrogen-bond acceptors (Lipinski definition) is 4. The third-order valence-corrected chi connectivity index (χ3v) is 6.76. The van der Waals surface area contributed by atoms with Crippen molar-refractivity contribution in [3.63, 3.8) is 0 Å². The van der Waals surface area contributed by atoms with Gasteiger partial charge in [0, 0.05) is 23.5 Å². The van der Waals surface area contributed by atoms with Crippen molar-refractivity contribution in [2.24, 2.45) is 0 Å². The van der Waals surface area contributed by atoms with Crippen LogP contribution in [0.2, 0.25) is 0 Å². The molecule has 1 aliphatic rings. The van der Waals surface area contributed by atoms with E-state index >= 15 is 0 Å². The maximum Gasteiger partial charge on any atom is 0.254 e. The number of thiophene rings is 1. The van der Waals surface area contributed by atoms with Gasteiger partial charge in [0.05, 0.1) is 6.04 Å². The molecule has 0 N–H and O–H groups in total. The lowest BCUT2D eigenvalue weighted by Gasteiger charge is -2.37. The van der Waals surface area contributed by atoms with Gasteiger partial charge in [0.1, 0.15) is 24.7 Å². The van der Waals surface area contributed by atoms with Crippen LogP contribution in [-0.2, 0) is 11.2 Å². The van der Waals surface area contributed by atoms with Gasteiger partial charge in [-0.25, -0.2) is 4.39 Å². The van der Waals surface area contributed by atoms with Gasteiger partial charge >= 0.3 is 0 Å². The summed E-state index contributed by atoms with van der Waals surface area (Å²) in [6.45, 7) is 3.36. The molecule has 4 rings (SSSR count). The Kier molecular flexibility index (Phi) is 7.40. The first-order valence-electron chi connectivity index (χ1n) is 11.1. The second-order valence-electron chi connectivity index (χ2n) is 8.01. The molecule has 1 aliphatic heterocycles. The summed E-state index contributed by atoms with van der Waals surface area (Å²) in [5, 5.41) is 2.03. The Morgan fingerprint density at radius 3 is 2.61 bits per heavy atom. The summed E-state index contributed by atoms with van der Waals surface area (Å²) in [6.07, 6.45) is 1.55. The quantitative estimate of drug-likeness (QED) is 0.472. The summed E-state index contributed by atoms with van der Waals surface area (Å²) in [7, 11) is 0. The van der Waals surface area contributed by atoms with Crippen LogP contribution >= 0.6 is 11.3 Å². The zero-order chi connectivity index (χ0) is 23.2. The largest absolute Gasteiger partial charge is 0.491 e. The third kappa shape index (κ3) is 5.42. The monoisotopic (exact) mass is 466 g/mol. The number of rotatable bonds is 8. The van der Waals surface area contributed by atoms with Gasteiger partial charge in [-0.3, -0.25) is 9.59 Å². The molecule has 2 aromatic carbocycles. The van der Waals surface area contributed by atoms with E-state index in [4.69, 9.17) is 4.74 Å². The molecule has 5 nitrogen and oxygen atoms in total. The highest BCUT2D eigenvalue weighted by atomic mass is 32.1. The van der Waals surface area contributed by atoms with Crippen LogP contribution in [-0.4, -0.2) is 47.9 Å². The molecular formula is C26H27FN2O3S. The maximum atomic E-state index is 13.4. The van der Waals surface area contributed by atoms with Crippen LogP contribution in [0.25, 0.3) is 0 Å². The molecule has 2 amide bonds. The molecule has 0 saturated heterocycles. The molecule has 0 saturated carbocycles. The molecule has 0 spiro atoms. The maximum absolute atomic E-state index is 13.4. The molecule has 172 valence electrons. The van der Waals surface area contributed by atoms with E-state index in [1.807, 2.05) is 41.5 Å². The van der Waals surface area contributed by atoms with Crippen molar-refractivity contribution >= 4 is 23.2 Å². The highest BCUT2D eigenvalue weighted by molar-refractivity contribution is 7.10. The zero-order valence-corrected chi connectivity index (χ0v) is 19.4. The normalized spacial score (nSPS) is 15.1. The minimum atomic E-state index is -0.323. The smallest absolute Gasteiger partial charge is 0.254 e. The number of amides is 2. The van der Waals surface area contributed by atoms with Crippen LogP contribution in [0.3, 0.4) is 0 Å². The van der Waals surface area contributed by atoms with E-state index in [0.717, 1.165) is 18.4 Å². The number of ether oxygens (including phenoxy) is 1. The first-order valence-corrected chi connectivity index (χ1v) is 12.0. The van der Waals surface area contributed by atoms with Crippen molar-refractivity contribution in [3.05, 3.63) is 87.9 Å². The summed E-state index contributed by atoms with van der Waals surface area (Å²) < 4.78 is 19.2. The van der Waals surface area contributed by atoms with Gasteiger partial charge in [0.25, 0.3) is 5.91 Å². The lowest BCUT2D eigenvalue weighted by molar-refractivity contribution is -0.135. The van der Waals surface area contributed by atoms with E-state index in [2.05, 4.69) is 0 Å². The molecule has 0 unspecified atom stereocenters. The first kappa shape index (κ1) is 23.0. The fourth-order valence-electron chi connectivity index (χ4n) is 4.12. The van der Waals surface area contributed by atoms with E-state index in [1.54, 1.807) is 40.5 Å². The summed E-state index contributed by atoms with van der Waals surface area (Å²) in [6, 6.07) is 16.7. The van der Waals surface area contributed by atoms with Crippen molar-refractivity contribution in [3.8, 4) is 5.75 Å². The Balaban J connectivity index is 1.51. The second kappa shape index (κ2) is 10.6. The molecule has 0 fully saturated rings. The van der Waals surface area contributed by atoms with Gasteiger partial charge in [-0.15, -0.1) is 11.3 Å². The van der Waals surface area contributed by atoms with Gasteiger partial charge in [0.2, 0.25) is 5.91 Å². The van der Waals surface area contributed by atoms with Crippen molar-refractivity contribution < 1.29 is 18.7 Å². The molecular weight excluding hydrogens is 439 g/mol. The average molecular weight is 467 g/mol. The van der Waals surface area contributed by atoms with Gasteiger partial charge in [-0.2, -0.15) is 0 Å². The molecule has 1 aromatic heterocycles. The molecule has 0 radical (unpaired) electrons. The standard InChI is InChI=1S/C26H27FN2O3S/c1-2-14-28(26(31)19-6-4-3-5-7-19)17-25(30)29-15-12-24-22(13-16-33-24)23(29)18-32-21-10-8-20(27)9-11-21/h3-11,13,16,23H,2,12,14-15,17-18H2,1H3/t23-/m1/s1. The van der Waals surface area contributed by atoms with Crippen molar-refractivity contribution in [2.45, 2.75) is 25.8 Å². The predicted molar refractivity (Wildman–Crippen MR) is 127 cm³/mol. The fraction of sp³-hybridized carbons (Fsp3) is 0.308. The van der Waals surface area contributed by atoms with Gasteiger partial charge in [-0.1, -0.05) is 25.1 Å². The number of carbonyl (C=O) groups excluding carboxylic acids is 2. The molecule has 0 bridgehead atoms. The van der Waals surface area contributed by atoms with Crippen LogP contribution < -0.4 is 4.74 Å². The molecule has 2 heterocycles.